The zero-order valence-corrected chi connectivity index (χ0v) is 60.7. The highest BCUT2D eigenvalue weighted by atomic mass is 15.0. The Bertz CT molecular complexity index is 6760. The first-order valence-corrected chi connectivity index (χ1v) is 37.8. The maximum atomic E-state index is 5.09. The quantitative estimate of drug-likeness (QED) is 0.122. The molecule has 0 aliphatic heterocycles. The van der Waals surface area contributed by atoms with Crippen molar-refractivity contribution in [2.75, 3.05) is 0 Å². The van der Waals surface area contributed by atoms with Crippen LogP contribution in [0, 0.1) is 0 Å². The van der Waals surface area contributed by atoms with Crippen LogP contribution >= 0.6 is 0 Å². The van der Waals surface area contributed by atoms with Gasteiger partial charge >= 0.3 is 0 Å². The van der Waals surface area contributed by atoms with Gasteiger partial charge in [0.2, 0.25) is 0 Å². The molecule has 0 fully saturated rings. The van der Waals surface area contributed by atoms with Gasteiger partial charge in [-0.05, 0) is 185 Å². The van der Waals surface area contributed by atoms with Crippen molar-refractivity contribution in [3.8, 4) is 113 Å². The number of hydrogen-bond donors (Lipinski definition) is 0. The lowest BCUT2D eigenvalue weighted by Crippen LogP contribution is -1.97. The molecule has 0 saturated heterocycles. The molecule has 9 nitrogen and oxygen atoms in total. The van der Waals surface area contributed by atoms with Gasteiger partial charge in [-0.1, -0.05) is 243 Å². The second kappa shape index (κ2) is 27.5. The summed E-state index contributed by atoms with van der Waals surface area (Å²) in [5, 5.41) is 7.16. The van der Waals surface area contributed by atoms with Gasteiger partial charge in [0.05, 0.1) is 77.9 Å². The predicted molar refractivity (Wildman–Crippen MR) is 463 cm³/mol. The second-order valence-corrected chi connectivity index (χ2v) is 28.4. The van der Waals surface area contributed by atoms with Crippen molar-refractivity contribution < 1.29 is 0 Å². The Kier molecular flexibility index (Phi) is 16.0. The average Bonchev–Trinajstić information content (AvgIpc) is 1.59. The highest BCUT2D eigenvalue weighted by Crippen LogP contribution is 2.42. The zero-order chi connectivity index (χ0) is 74.0. The van der Waals surface area contributed by atoms with Crippen molar-refractivity contribution in [1.82, 2.24) is 43.2 Å². The number of pyridine rings is 3. The van der Waals surface area contributed by atoms with E-state index in [-0.39, 0.29) is 0 Å². The third-order valence-electron chi connectivity index (χ3n) is 21.8. The minimum atomic E-state index is 0.710. The average molecular weight is 1430 g/mol. The Balaban J connectivity index is 0.000000141. The lowest BCUT2D eigenvalue weighted by atomic mass is 9.99. The van der Waals surface area contributed by atoms with Crippen LogP contribution in [0.3, 0.4) is 0 Å². The first-order valence-electron chi connectivity index (χ1n) is 37.8. The van der Waals surface area contributed by atoms with E-state index >= 15 is 0 Å². The molecule has 0 saturated carbocycles. The van der Waals surface area contributed by atoms with Gasteiger partial charge in [0.15, 0.2) is 5.82 Å². The number of para-hydroxylation sites is 4. The standard InChI is InChI=1S/C52H34N4.C51H33N5/c1-4-13-36(14-5-1)46-33-40(34-47(54-46)37-15-6-2-7-16-37)35-22-26-42(27-23-35)55-48-20-11-10-19-43(48)44-31-38(24-28-49(44)55)39-25-29-50-45(32-39)52-51(21-12-30-53-52)56(50)41-17-8-3-9-18-41;1-4-13-34(14-5-1)44-33-45(54-51(53-44)36-15-6-2-7-16-36)35-22-26-40(27-23-35)55-46-20-11-10-19-41(46)42-31-37(24-28-47(42)55)38-25-29-48-43(32-38)50-49(21-12-30-52-50)56(48)39-17-8-3-9-18-39/h1-34H;1-33H. The number of nitrogens with zero attached hydrogens (tertiary/aromatic N) is 9. The van der Waals surface area contributed by atoms with E-state index in [9.17, 15) is 0 Å². The smallest absolute Gasteiger partial charge is 0.160 e. The van der Waals surface area contributed by atoms with Gasteiger partial charge in [-0.3, -0.25) is 9.97 Å². The number of aromatic nitrogens is 9. The van der Waals surface area contributed by atoms with Gasteiger partial charge in [-0.15, -0.1) is 0 Å². The van der Waals surface area contributed by atoms with Crippen molar-refractivity contribution in [3.05, 3.63) is 407 Å². The highest BCUT2D eigenvalue weighted by Gasteiger charge is 2.21. The van der Waals surface area contributed by atoms with Gasteiger partial charge in [0.25, 0.3) is 0 Å². The minimum absolute atomic E-state index is 0.710. The van der Waals surface area contributed by atoms with E-state index in [0.29, 0.717) is 5.82 Å². The molecule has 0 amide bonds. The van der Waals surface area contributed by atoms with Crippen LogP contribution in [0.2, 0.25) is 0 Å². The summed E-state index contributed by atoms with van der Waals surface area (Å²) in [6.07, 6.45) is 3.77. The van der Waals surface area contributed by atoms with E-state index in [4.69, 9.17) is 24.9 Å². The normalized spacial score (nSPS) is 11.6. The van der Waals surface area contributed by atoms with Gasteiger partial charge < -0.3 is 18.3 Å². The summed E-state index contributed by atoms with van der Waals surface area (Å²) in [7, 11) is 0. The Labute approximate surface area is 645 Å². The largest absolute Gasteiger partial charge is 0.309 e. The third-order valence-corrected chi connectivity index (χ3v) is 21.8. The van der Waals surface area contributed by atoms with E-state index in [2.05, 4.69) is 352 Å². The predicted octanol–water partition coefficient (Wildman–Crippen LogP) is 26.1. The fraction of sp³-hybridized carbons (Fsp3) is 0. The summed E-state index contributed by atoms with van der Waals surface area (Å²) in [5.74, 6) is 0.710. The lowest BCUT2D eigenvalue weighted by molar-refractivity contribution is 1.17. The lowest BCUT2D eigenvalue weighted by Gasteiger charge is -2.12. The van der Waals surface area contributed by atoms with E-state index < -0.39 is 0 Å². The van der Waals surface area contributed by atoms with Crippen LogP contribution in [0.1, 0.15) is 0 Å². The number of hydrogen-bond acceptors (Lipinski definition) is 5. The Morgan fingerprint density at radius 1 is 0.161 bits per heavy atom. The molecule has 22 rings (SSSR count). The molecule has 8 aromatic heterocycles. The number of rotatable bonds is 12. The van der Waals surface area contributed by atoms with Gasteiger partial charge in [-0.25, -0.2) is 15.0 Å². The van der Waals surface area contributed by atoms with Crippen LogP contribution in [0.5, 0.6) is 0 Å². The first kappa shape index (κ1) is 65.1. The fourth-order valence-electron chi connectivity index (χ4n) is 16.5. The van der Waals surface area contributed by atoms with Crippen LogP contribution in [-0.2, 0) is 0 Å². The van der Waals surface area contributed by atoms with Crippen molar-refractivity contribution in [2.45, 2.75) is 0 Å². The molecule has 0 aliphatic carbocycles. The van der Waals surface area contributed by atoms with Crippen LogP contribution in [0.25, 0.3) is 200 Å². The Hall–Kier alpha value is -15.2. The highest BCUT2D eigenvalue weighted by molar-refractivity contribution is 6.14. The molecule has 9 heteroatoms. The van der Waals surface area contributed by atoms with Crippen molar-refractivity contribution >= 4 is 87.5 Å². The molecule has 0 unspecified atom stereocenters. The maximum Gasteiger partial charge on any atom is 0.160 e. The Morgan fingerprint density at radius 2 is 0.446 bits per heavy atom. The molecule has 22 aromatic rings. The molecule has 0 aliphatic rings. The number of benzene rings is 14. The summed E-state index contributed by atoms with van der Waals surface area (Å²) in [6.45, 7) is 0. The topological polar surface area (TPSA) is 84.2 Å². The van der Waals surface area contributed by atoms with Crippen LogP contribution < -0.4 is 0 Å². The molecule has 0 radical (unpaired) electrons. The van der Waals surface area contributed by atoms with Crippen LogP contribution in [0.15, 0.2) is 407 Å². The molecule has 0 bridgehead atoms. The van der Waals surface area contributed by atoms with Crippen molar-refractivity contribution in [3.63, 3.8) is 0 Å². The molecule has 14 aromatic carbocycles. The monoisotopic (exact) mass is 1430 g/mol. The van der Waals surface area contributed by atoms with Crippen molar-refractivity contribution in [2.24, 2.45) is 0 Å². The molecular weight excluding hydrogens is 1360 g/mol. The van der Waals surface area contributed by atoms with Gasteiger partial charge in [-0.2, -0.15) is 0 Å². The maximum absolute atomic E-state index is 5.09. The van der Waals surface area contributed by atoms with E-state index in [1.165, 1.54) is 49.3 Å². The second-order valence-electron chi connectivity index (χ2n) is 28.4. The first-order chi connectivity index (χ1) is 55.5. The van der Waals surface area contributed by atoms with E-state index in [0.717, 1.165) is 145 Å². The summed E-state index contributed by atoms with van der Waals surface area (Å²) in [5.41, 5.74) is 31.6. The Morgan fingerprint density at radius 3 is 0.857 bits per heavy atom. The third kappa shape index (κ3) is 11.5. The summed E-state index contributed by atoms with van der Waals surface area (Å²) >= 11 is 0. The summed E-state index contributed by atoms with van der Waals surface area (Å²) in [6, 6.07) is 140. The number of fused-ring (bicyclic) bond motifs is 12. The fourth-order valence-corrected chi connectivity index (χ4v) is 16.5. The SMILES string of the molecule is c1ccc(-c2cc(-c3ccc(-n4c5ccccc5c5cc(-c6ccc7c(c6)c6ncccc6n7-c6ccccc6)ccc54)cc3)cc(-c3ccccc3)n2)cc1.c1ccc(-c2cc(-c3ccc(-n4c5ccccc5c5cc(-c6ccc7c(c6)c6ncccc6n7-c6ccccc6)ccc54)cc3)nc(-c3ccccc3)n2)cc1. The molecular formula is C103H67N9. The molecule has 0 spiro atoms. The van der Waals surface area contributed by atoms with E-state index in [1.54, 1.807) is 0 Å². The molecule has 8 heterocycles. The minimum Gasteiger partial charge on any atom is -0.309 e. The van der Waals surface area contributed by atoms with Gasteiger partial charge in [0, 0.05) is 95.3 Å². The van der Waals surface area contributed by atoms with Crippen LogP contribution in [-0.4, -0.2) is 43.2 Å². The zero-order valence-electron chi connectivity index (χ0n) is 60.7. The van der Waals surface area contributed by atoms with Crippen molar-refractivity contribution in [1.29, 1.82) is 0 Å². The molecule has 524 valence electrons. The molecule has 0 N–H and O–H groups in total. The summed E-state index contributed by atoms with van der Waals surface area (Å²) < 4.78 is 9.36. The van der Waals surface area contributed by atoms with E-state index in [1.807, 2.05) is 73.1 Å². The van der Waals surface area contributed by atoms with Gasteiger partial charge in [0.1, 0.15) is 0 Å². The van der Waals surface area contributed by atoms with Crippen LogP contribution in [0.4, 0.5) is 0 Å². The molecule has 112 heavy (non-hydrogen) atoms. The summed E-state index contributed by atoms with van der Waals surface area (Å²) in [4.78, 5) is 24.8. The molecule has 0 atom stereocenters.